The lowest BCUT2D eigenvalue weighted by Crippen LogP contribution is -2.48. The van der Waals surface area contributed by atoms with Crippen molar-refractivity contribution in [1.82, 2.24) is 20.8 Å². The van der Waals surface area contributed by atoms with E-state index in [1.165, 1.54) is 0 Å². The van der Waals surface area contributed by atoms with Gasteiger partial charge >= 0.3 is 6.03 Å². The number of aromatic nitrogens is 2. The lowest BCUT2D eigenvalue weighted by atomic mass is 9.89. The number of nitrogens with zero attached hydrogens (tertiary/aromatic N) is 2. The highest BCUT2D eigenvalue weighted by Crippen LogP contribution is 2.19. The molecule has 1 aromatic carbocycles. The van der Waals surface area contributed by atoms with Gasteiger partial charge in [0.15, 0.2) is 0 Å². The summed E-state index contributed by atoms with van der Waals surface area (Å²) in [5.41, 5.74) is -0.0670. The van der Waals surface area contributed by atoms with Crippen LogP contribution in [0.25, 0.3) is 11.5 Å². The summed E-state index contributed by atoms with van der Waals surface area (Å²) in [7, 11) is 0. The molecule has 0 radical (unpaired) electrons. The van der Waals surface area contributed by atoms with E-state index in [2.05, 4.69) is 20.8 Å². The molecule has 1 aromatic heterocycles. The molecular formula is C18H26N4O3. The van der Waals surface area contributed by atoms with Crippen LogP contribution in [0.1, 0.15) is 33.1 Å². The Labute approximate surface area is 147 Å². The normalized spacial score (nSPS) is 14.6. The van der Waals surface area contributed by atoms with Gasteiger partial charge in [-0.15, -0.1) is 10.2 Å². The second-order valence-corrected chi connectivity index (χ2v) is 6.39. The van der Waals surface area contributed by atoms with E-state index < -0.39 is 5.60 Å². The fourth-order valence-electron chi connectivity index (χ4n) is 2.27. The Kier molecular flexibility index (Phi) is 6.52. The maximum atomic E-state index is 11.8. The van der Waals surface area contributed by atoms with E-state index in [0.29, 0.717) is 24.7 Å². The third-order valence-corrected chi connectivity index (χ3v) is 4.39. The van der Waals surface area contributed by atoms with Crippen LogP contribution in [-0.2, 0) is 6.42 Å². The molecule has 2 amide bonds. The van der Waals surface area contributed by atoms with Gasteiger partial charge in [-0.3, -0.25) is 0 Å². The number of nitrogens with one attached hydrogen (secondary N) is 2. The Hall–Kier alpha value is -2.41. The Balaban J connectivity index is 1.74. The van der Waals surface area contributed by atoms with Gasteiger partial charge in [-0.1, -0.05) is 38.5 Å². The molecule has 0 spiro atoms. The van der Waals surface area contributed by atoms with Crippen molar-refractivity contribution in [1.29, 1.82) is 0 Å². The molecule has 136 valence electrons. The molecule has 0 aliphatic rings. The molecule has 0 aliphatic heterocycles. The first-order chi connectivity index (χ1) is 11.9. The summed E-state index contributed by atoms with van der Waals surface area (Å²) in [4.78, 5) is 11.8. The van der Waals surface area contributed by atoms with Crippen molar-refractivity contribution in [2.24, 2.45) is 5.92 Å². The molecule has 0 saturated heterocycles. The number of benzene rings is 1. The van der Waals surface area contributed by atoms with E-state index in [4.69, 9.17) is 4.42 Å². The zero-order chi connectivity index (χ0) is 18.3. The SMILES string of the molecule is CCC(C)C(C)(O)CNC(=O)NCCc1nnc(-c2ccccc2)o1. The Morgan fingerprint density at radius 2 is 2.00 bits per heavy atom. The molecule has 7 heteroatoms. The molecule has 7 nitrogen and oxygen atoms in total. The van der Waals surface area contributed by atoms with Crippen LogP contribution in [0.3, 0.4) is 0 Å². The lowest BCUT2D eigenvalue weighted by Gasteiger charge is -2.29. The minimum atomic E-state index is -0.927. The number of hydrogen-bond acceptors (Lipinski definition) is 5. The molecule has 0 bridgehead atoms. The summed E-state index contributed by atoms with van der Waals surface area (Å²) >= 11 is 0. The second kappa shape index (κ2) is 8.62. The van der Waals surface area contributed by atoms with Crippen molar-refractivity contribution in [3.05, 3.63) is 36.2 Å². The smallest absolute Gasteiger partial charge is 0.314 e. The predicted molar refractivity (Wildman–Crippen MR) is 94.9 cm³/mol. The summed E-state index contributed by atoms with van der Waals surface area (Å²) in [6.45, 7) is 6.26. The van der Waals surface area contributed by atoms with Crippen LogP contribution in [-0.4, -0.2) is 40.0 Å². The molecule has 2 aromatic rings. The number of amides is 2. The van der Waals surface area contributed by atoms with E-state index in [-0.39, 0.29) is 18.5 Å². The molecule has 2 rings (SSSR count). The highest BCUT2D eigenvalue weighted by atomic mass is 16.4. The van der Waals surface area contributed by atoms with Gasteiger partial charge in [0.05, 0.1) is 5.60 Å². The van der Waals surface area contributed by atoms with Crippen molar-refractivity contribution in [2.75, 3.05) is 13.1 Å². The van der Waals surface area contributed by atoms with Crippen molar-refractivity contribution in [3.8, 4) is 11.5 Å². The number of carbonyl (C=O) groups is 1. The van der Waals surface area contributed by atoms with Gasteiger partial charge in [0, 0.05) is 25.1 Å². The van der Waals surface area contributed by atoms with Crippen molar-refractivity contribution in [3.63, 3.8) is 0 Å². The molecule has 2 unspecified atom stereocenters. The summed E-state index contributed by atoms with van der Waals surface area (Å²) in [6, 6.07) is 9.19. The van der Waals surface area contributed by atoms with E-state index in [9.17, 15) is 9.90 Å². The third kappa shape index (κ3) is 5.56. The third-order valence-electron chi connectivity index (χ3n) is 4.39. The quantitative estimate of drug-likeness (QED) is 0.681. The van der Waals surface area contributed by atoms with Crippen molar-refractivity contribution in [2.45, 2.75) is 39.2 Å². The molecule has 0 fully saturated rings. The fourth-order valence-corrected chi connectivity index (χ4v) is 2.27. The zero-order valence-electron chi connectivity index (χ0n) is 15.0. The van der Waals surface area contributed by atoms with Crippen molar-refractivity contribution < 1.29 is 14.3 Å². The van der Waals surface area contributed by atoms with Gasteiger partial charge in [-0.2, -0.15) is 0 Å². The van der Waals surface area contributed by atoms with Gasteiger partial charge in [0.1, 0.15) is 0 Å². The largest absolute Gasteiger partial charge is 0.421 e. The zero-order valence-corrected chi connectivity index (χ0v) is 15.0. The van der Waals surface area contributed by atoms with Gasteiger partial charge < -0.3 is 20.2 Å². The number of rotatable bonds is 8. The van der Waals surface area contributed by atoms with Gasteiger partial charge in [-0.25, -0.2) is 4.79 Å². The molecule has 25 heavy (non-hydrogen) atoms. The first kappa shape index (κ1) is 18.9. The van der Waals surface area contributed by atoms with Gasteiger partial charge in [0.2, 0.25) is 11.8 Å². The molecular weight excluding hydrogens is 320 g/mol. The first-order valence-corrected chi connectivity index (χ1v) is 8.54. The Morgan fingerprint density at radius 1 is 1.28 bits per heavy atom. The molecule has 2 atom stereocenters. The lowest BCUT2D eigenvalue weighted by molar-refractivity contribution is 0.00791. The van der Waals surface area contributed by atoms with Crippen LogP contribution in [0.5, 0.6) is 0 Å². The van der Waals surface area contributed by atoms with Gasteiger partial charge in [-0.05, 0) is 25.0 Å². The average Bonchev–Trinajstić information content (AvgIpc) is 3.09. The number of hydrogen-bond donors (Lipinski definition) is 3. The monoisotopic (exact) mass is 346 g/mol. The Bertz CT molecular complexity index is 670. The average molecular weight is 346 g/mol. The topological polar surface area (TPSA) is 100 Å². The number of urea groups is 1. The summed E-state index contributed by atoms with van der Waals surface area (Å²) < 4.78 is 5.58. The summed E-state index contributed by atoms with van der Waals surface area (Å²) in [6.07, 6.45) is 1.28. The highest BCUT2D eigenvalue weighted by molar-refractivity contribution is 5.73. The van der Waals surface area contributed by atoms with Crippen LogP contribution in [0.4, 0.5) is 4.79 Å². The van der Waals surface area contributed by atoms with E-state index >= 15 is 0 Å². The number of carbonyl (C=O) groups excluding carboxylic acids is 1. The maximum Gasteiger partial charge on any atom is 0.314 e. The molecule has 0 aliphatic carbocycles. The minimum absolute atomic E-state index is 0.0996. The summed E-state index contributed by atoms with van der Waals surface area (Å²) in [5.74, 6) is 1.03. The first-order valence-electron chi connectivity index (χ1n) is 8.54. The maximum absolute atomic E-state index is 11.8. The van der Waals surface area contributed by atoms with E-state index in [1.807, 2.05) is 44.2 Å². The van der Waals surface area contributed by atoms with Crippen molar-refractivity contribution >= 4 is 6.03 Å². The van der Waals surface area contributed by atoms with Crippen LogP contribution in [0.2, 0.25) is 0 Å². The predicted octanol–water partition coefficient (Wildman–Crippen LogP) is 2.38. The fraction of sp³-hybridized carbons (Fsp3) is 0.500. The van der Waals surface area contributed by atoms with Crippen LogP contribution < -0.4 is 10.6 Å². The van der Waals surface area contributed by atoms with Crippen LogP contribution >= 0.6 is 0 Å². The molecule has 3 N–H and O–H groups in total. The Morgan fingerprint density at radius 3 is 2.68 bits per heavy atom. The van der Waals surface area contributed by atoms with Crippen LogP contribution in [0, 0.1) is 5.92 Å². The summed E-state index contributed by atoms with van der Waals surface area (Å²) in [5, 5.41) is 23.7. The van der Waals surface area contributed by atoms with E-state index in [0.717, 1.165) is 12.0 Å². The van der Waals surface area contributed by atoms with E-state index in [1.54, 1.807) is 6.92 Å². The van der Waals surface area contributed by atoms with Crippen LogP contribution in [0.15, 0.2) is 34.7 Å². The number of aliphatic hydroxyl groups is 1. The molecule has 0 saturated carbocycles. The minimum Gasteiger partial charge on any atom is -0.421 e. The standard InChI is InChI=1S/C18H26N4O3/c1-4-13(2)18(3,24)12-20-17(23)19-11-10-15-21-22-16(25-15)14-8-6-5-7-9-14/h5-9,13,24H,4,10-12H2,1-3H3,(H2,19,20,23). The van der Waals surface area contributed by atoms with Gasteiger partial charge in [0.25, 0.3) is 0 Å². The second-order valence-electron chi connectivity index (χ2n) is 6.39. The molecule has 1 heterocycles. The highest BCUT2D eigenvalue weighted by Gasteiger charge is 2.27.